The second kappa shape index (κ2) is 8.79. The average Bonchev–Trinajstić information content (AvgIpc) is 3.03. The molecule has 1 amide bonds. The molecule has 1 aliphatic heterocycles. The van der Waals surface area contributed by atoms with E-state index in [4.69, 9.17) is 4.99 Å². The van der Waals surface area contributed by atoms with Crippen LogP contribution in [0, 0.1) is 17.0 Å². The number of hydrogen-bond donors (Lipinski definition) is 0. The normalized spacial score (nSPS) is 20.3. The molecule has 7 nitrogen and oxygen atoms in total. The number of nitro groups is 1. The van der Waals surface area contributed by atoms with E-state index in [1.165, 1.54) is 30.3 Å². The number of thioether (sulfide) groups is 1. The molecule has 0 spiro atoms. The predicted octanol–water partition coefficient (Wildman–Crippen LogP) is 5.23. The molecule has 0 unspecified atom stereocenters. The maximum Gasteiger partial charge on any atom is 0.269 e. The summed E-state index contributed by atoms with van der Waals surface area (Å²) >= 11 is 1.34. The first-order valence-electron chi connectivity index (χ1n) is 10.0. The standard InChI is InChI=1S/C22H22N4O3S/c1-15-6-5-9-20(23-15)24-22-25(17-7-3-2-4-8-17)21(27)19(30-22)14-16-10-12-18(13-11-16)26(28)29/h5-6,9-14,17H,2-4,7-8H2,1H3/b19-14-,24-22+. The van der Waals surface area contributed by atoms with Gasteiger partial charge < -0.3 is 0 Å². The Balaban J connectivity index is 1.67. The SMILES string of the molecule is Cc1cccc(/N=C2/S/C(=C\c3ccc([N+](=O)[O-])cc3)C(=O)N2C2CCCCC2)n1. The molecule has 8 heteroatoms. The van der Waals surface area contributed by atoms with Gasteiger partial charge in [-0.1, -0.05) is 25.3 Å². The number of nitrogens with zero attached hydrogens (tertiary/aromatic N) is 4. The van der Waals surface area contributed by atoms with Crippen LogP contribution in [0.3, 0.4) is 0 Å². The second-order valence-electron chi connectivity index (χ2n) is 7.46. The smallest absolute Gasteiger partial charge is 0.269 e. The number of rotatable bonds is 4. The van der Waals surface area contributed by atoms with Crippen LogP contribution in [-0.4, -0.2) is 31.9 Å². The largest absolute Gasteiger partial charge is 0.283 e. The number of amides is 1. The third kappa shape index (κ3) is 4.43. The van der Waals surface area contributed by atoms with E-state index < -0.39 is 4.92 Å². The van der Waals surface area contributed by atoms with Crippen molar-refractivity contribution in [2.45, 2.75) is 45.1 Å². The Kier molecular flexibility index (Phi) is 5.94. The van der Waals surface area contributed by atoms with Gasteiger partial charge in [-0.15, -0.1) is 0 Å². The average molecular weight is 423 g/mol. The van der Waals surface area contributed by atoms with Gasteiger partial charge in [0.1, 0.15) is 0 Å². The minimum atomic E-state index is -0.434. The zero-order chi connectivity index (χ0) is 21.1. The fourth-order valence-corrected chi connectivity index (χ4v) is 4.81. The molecule has 1 aromatic heterocycles. The zero-order valence-corrected chi connectivity index (χ0v) is 17.5. The Labute approximate surface area is 179 Å². The Morgan fingerprint density at radius 3 is 2.57 bits per heavy atom. The van der Waals surface area contributed by atoms with Gasteiger partial charge in [0.25, 0.3) is 11.6 Å². The molecule has 2 heterocycles. The number of benzene rings is 1. The van der Waals surface area contributed by atoms with E-state index in [1.807, 2.05) is 30.0 Å². The van der Waals surface area contributed by atoms with Crippen molar-refractivity contribution in [2.75, 3.05) is 0 Å². The van der Waals surface area contributed by atoms with E-state index >= 15 is 0 Å². The van der Waals surface area contributed by atoms with E-state index in [0.29, 0.717) is 15.9 Å². The van der Waals surface area contributed by atoms with Gasteiger partial charge in [-0.3, -0.25) is 19.8 Å². The van der Waals surface area contributed by atoms with Crippen LogP contribution >= 0.6 is 11.8 Å². The minimum Gasteiger partial charge on any atom is -0.283 e. The second-order valence-corrected chi connectivity index (χ2v) is 8.47. The van der Waals surface area contributed by atoms with Crippen LogP contribution in [0.15, 0.2) is 52.4 Å². The molecule has 30 heavy (non-hydrogen) atoms. The number of pyridine rings is 1. The summed E-state index contributed by atoms with van der Waals surface area (Å²) < 4.78 is 0. The third-order valence-corrected chi connectivity index (χ3v) is 6.25. The number of amidine groups is 1. The summed E-state index contributed by atoms with van der Waals surface area (Å²) in [6.07, 6.45) is 7.13. The summed E-state index contributed by atoms with van der Waals surface area (Å²) in [5, 5.41) is 11.5. The maximum absolute atomic E-state index is 13.3. The number of nitro benzene ring substituents is 1. The lowest BCUT2D eigenvalue weighted by atomic mass is 9.94. The molecule has 0 bridgehead atoms. The van der Waals surface area contributed by atoms with Crippen LogP contribution in [0.5, 0.6) is 0 Å². The summed E-state index contributed by atoms with van der Waals surface area (Å²) in [4.78, 5) is 35.3. The van der Waals surface area contributed by atoms with Crippen LogP contribution in [-0.2, 0) is 4.79 Å². The van der Waals surface area contributed by atoms with Crippen molar-refractivity contribution in [2.24, 2.45) is 4.99 Å². The van der Waals surface area contributed by atoms with E-state index in [2.05, 4.69) is 4.98 Å². The molecular weight excluding hydrogens is 400 g/mol. The molecule has 1 saturated heterocycles. The van der Waals surface area contributed by atoms with Crippen LogP contribution in [0.2, 0.25) is 0 Å². The monoisotopic (exact) mass is 422 g/mol. The number of non-ortho nitro benzene ring substituents is 1. The Morgan fingerprint density at radius 1 is 1.17 bits per heavy atom. The fraction of sp³-hybridized carbons (Fsp3) is 0.318. The molecule has 2 fully saturated rings. The molecule has 0 radical (unpaired) electrons. The number of carbonyl (C=O) groups is 1. The Morgan fingerprint density at radius 2 is 1.90 bits per heavy atom. The van der Waals surface area contributed by atoms with Gasteiger partial charge in [-0.25, -0.2) is 9.98 Å². The molecule has 0 N–H and O–H groups in total. The molecule has 0 atom stereocenters. The van der Waals surface area contributed by atoms with Crippen LogP contribution in [0.1, 0.15) is 43.4 Å². The van der Waals surface area contributed by atoms with Gasteiger partial charge in [0.05, 0.1) is 9.83 Å². The van der Waals surface area contributed by atoms with E-state index in [0.717, 1.165) is 36.9 Å². The minimum absolute atomic E-state index is 0.0270. The molecule has 1 aromatic carbocycles. The van der Waals surface area contributed by atoms with E-state index in [-0.39, 0.29) is 17.6 Å². The van der Waals surface area contributed by atoms with Crippen molar-refractivity contribution in [3.05, 3.63) is 68.7 Å². The molecule has 4 rings (SSSR count). The van der Waals surface area contributed by atoms with Crippen molar-refractivity contribution in [1.82, 2.24) is 9.88 Å². The highest BCUT2D eigenvalue weighted by atomic mass is 32.2. The van der Waals surface area contributed by atoms with Gasteiger partial charge in [-0.05, 0) is 67.4 Å². The molecule has 1 aliphatic carbocycles. The zero-order valence-electron chi connectivity index (χ0n) is 16.7. The third-order valence-electron chi connectivity index (χ3n) is 5.26. The summed E-state index contributed by atoms with van der Waals surface area (Å²) in [5.74, 6) is 0.527. The van der Waals surface area contributed by atoms with Gasteiger partial charge >= 0.3 is 0 Å². The fourth-order valence-electron chi connectivity index (χ4n) is 3.76. The number of carbonyl (C=O) groups excluding carboxylic acids is 1. The van der Waals surface area contributed by atoms with Crippen LogP contribution < -0.4 is 0 Å². The Bertz CT molecular complexity index is 1030. The van der Waals surface area contributed by atoms with Gasteiger partial charge in [0.2, 0.25) is 0 Å². The van der Waals surface area contributed by atoms with Gasteiger partial charge in [-0.2, -0.15) is 0 Å². The summed E-state index contributed by atoms with van der Waals surface area (Å²) in [5.41, 5.74) is 1.64. The number of hydrogen-bond acceptors (Lipinski definition) is 6. The topological polar surface area (TPSA) is 88.7 Å². The van der Waals surface area contributed by atoms with Crippen LogP contribution in [0.25, 0.3) is 6.08 Å². The first kappa shape index (κ1) is 20.3. The molecular formula is C22H22N4O3S. The van der Waals surface area contributed by atoms with Crippen molar-refractivity contribution in [3.8, 4) is 0 Å². The number of aryl methyl sites for hydroxylation is 1. The van der Waals surface area contributed by atoms with Gasteiger partial charge in [0.15, 0.2) is 11.0 Å². The van der Waals surface area contributed by atoms with Crippen molar-refractivity contribution in [3.63, 3.8) is 0 Å². The Hall–Kier alpha value is -3.00. The summed E-state index contributed by atoms with van der Waals surface area (Å²) in [6, 6.07) is 12.0. The maximum atomic E-state index is 13.3. The highest BCUT2D eigenvalue weighted by Crippen LogP contribution is 2.38. The lowest BCUT2D eigenvalue weighted by molar-refractivity contribution is -0.384. The van der Waals surface area contributed by atoms with Gasteiger partial charge in [0, 0.05) is 23.9 Å². The molecule has 2 aliphatic rings. The quantitative estimate of drug-likeness (QED) is 0.382. The highest BCUT2D eigenvalue weighted by molar-refractivity contribution is 8.18. The van der Waals surface area contributed by atoms with Crippen molar-refractivity contribution in [1.29, 1.82) is 0 Å². The lowest BCUT2D eigenvalue weighted by Gasteiger charge is -2.30. The highest BCUT2D eigenvalue weighted by Gasteiger charge is 2.38. The lowest BCUT2D eigenvalue weighted by Crippen LogP contribution is -2.40. The number of aromatic nitrogens is 1. The molecule has 2 aromatic rings. The summed E-state index contributed by atoms with van der Waals surface area (Å²) in [6.45, 7) is 1.91. The van der Waals surface area contributed by atoms with E-state index in [1.54, 1.807) is 18.2 Å². The summed E-state index contributed by atoms with van der Waals surface area (Å²) in [7, 11) is 0. The first-order valence-corrected chi connectivity index (χ1v) is 10.8. The number of aliphatic imine (C=N–C) groups is 1. The van der Waals surface area contributed by atoms with Crippen molar-refractivity contribution >= 4 is 40.4 Å². The van der Waals surface area contributed by atoms with Crippen molar-refractivity contribution < 1.29 is 9.72 Å². The van der Waals surface area contributed by atoms with Crippen LogP contribution in [0.4, 0.5) is 11.5 Å². The first-order chi connectivity index (χ1) is 14.5. The molecule has 1 saturated carbocycles. The molecule has 154 valence electrons. The van der Waals surface area contributed by atoms with E-state index in [9.17, 15) is 14.9 Å². The predicted molar refractivity (Wildman–Crippen MR) is 118 cm³/mol.